The Morgan fingerprint density at radius 1 is 1.17 bits per heavy atom. The van der Waals surface area contributed by atoms with Gasteiger partial charge in [-0.1, -0.05) is 0 Å². The van der Waals surface area contributed by atoms with E-state index in [0.717, 1.165) is 42.8 Å². The number of piperidine rings is 1. The van der Waals surface area contributed by atoms with E-state index < -0.39 is 0 Å². The highest BCUT2D eigenvalue weighted by molar-refractivity contribution is 5.82. The first-order valence-corrected chi connectivity index (χ1v) is 8.95. The van der Waals surface area contributed by atoms with Crippen LogP contribution in [0, 0.1) is 13.8 Å². The molecule has 1 saturated heterocycles. The fraction of sp³-hybridized carbons (Fsp3) is 0.579. The summed E-state index contributed by atoms with van der Waals surface area (Å²) < 4.78 is 2.05. The third kappa shape index (κ3) is 3.46. The molecule has 1 aromatic heterocycles. The van der Waals surface area contributed by atoms with E-state index in [2.05, 4.69) is 26.0 Å². The van der Waals surface area contributed by atoms with Crippen LogP contribution < -0.4 is 0 Å². The van der Waals surface area contributed by atoms with Crippen molar-refractivity contribution in [3.63, 3.8) is 0 Å². The van der Waals surface area contributed by atoms with E-state index in [1.807, 2.05) is 9.47 Å². The predicted octanol–water partition coefficient (Wildman–Crippen LogP) is 2.59. The van der Waals surface area contributed by atoms with Crippen molar-refractivity contribution < 1.29 is 9.90 Å². The molecule has 5 heteroatoms. The lowest BCUT2D eigenvalue weighted by Crippen LogP contribution is -2.38. The molecule has 0 saturated carbocycles. The minimum absolute atomic E-state index is 0.140. The van der Waals surface area contributed by atoms with Crippen LogP contribution in [0.2, 0.25) is 0 Å². The van der Waals surface area contributed by atoms with Gasteiger partial charge in [0.2, 0.25) is 5.91 Å². The zero-order chi connectivity index (χ0) is 17.1. The van der Waals surface area contributed by atoms with Gasteiger partial charge in [-0.2, -0.15) is 0 Å². The van der Waals surface area contributed by atoms with Gasteiger partial charge < -0.3 is 14.6 Å². The van der Waals surface area contributed by atoms with Crippen molar-refractivity contribution in [2.45, 2.75) is 52.5 Å². The van der Waals surface area contributed by atoms with Gasteiger partial charge in [-0.3, -0.25) is 4.79 Å². The Kier molecular flexibility index (Phi) is 5.19. The molecule has 1 aliphatic heterocycles. The molecule has 2 heterocycles. The number of benzene rings is 1. The summed E-state index contributed by atoms with van der Waals surface area (Å²) in [7, 11) is 0. The lowest BCUT2D eigenvalue weighted by molar-refractivity contribution is -0.132. The SMILES string of the molecule is Cc1cc2nc(CCCO)n(CC(=O)N3CCCCC3)c2cc1C. The summed E-state index contributed by atoms with van der Waals surface area (Å²) in [6.45, 7) is 6.40. The first-order chi connectivity index (χ1) is 11.6. The maximum Gasteiger partial charge on any atom is 0.242 e. The van der Waals surface area contributed by atoms with Crippen LogP contribution in [0.4, 0.5) is 0 Å². The maximum atomic E-state index is 12.7. The zero-order valence-corrected chi connectivity index (χ0v) is 14.7. The summed E-state index contributed by atoms with van der Waals surface area (Å²) in [5.41, 5.74) is 4.39. The number of carbonyl (C=O) groups is 1. The van der Waals surface area contributed by atoms with E-state index in [1.165, 1.54) is 17.5 Å². The quantitative estimate of drug-likeness (QED) is 0.917. The van der Waals surface area contributed by atoms with E-state index in [1.54, 1.807) is 0 Å². The molecule has 2 aromatic rings. The number of hydrogen-bond donors (Lipinski definition) is 1. The molecule has 5 nitrogen and oxygen atoms in total. The van der Waals surface area contributed by atoms with E-state index >= 15 is 0 Å². The Morgan fingerprint density at radius 3 is 2.58 bits per heavy atom. The largest absolute Gasteiger partial charge is 0.396 e. The molecule has 0 atom stereocenters. The molecule has 0 spiro atoms. The highest BCUT2D eigenvalue weighted by Crippen LogP contribution is 2.22. The van der Waals surface area contributed by atoms with E-state index in [-0.39, 0.29) is 12.5 Å². The number of rotatable bonds is 5. The lowest BCUT2D eigenvalue weighted by atomic mass is 10.1. The molecule has 1 fully saturated rings. The Hall–Kier alpha value is -1.88. The van der Waals surface area contributed by atoms with Gasteiger partial charge >= 0.3 is 0 Å². The number of aliphatic hydroxyl groups excluding tert-OH is 1. The second-order valence-electron chi connectivity index (χ2n) is 6.81. The Balaban J connectivity index is 1.93. The van der Waals surface area contributed by atoms with Crippen LogP contribution in [-0.2, 0) is 17.8 Å². The summed E-state index contributed by atoms with van der Waals surface area (Å²) in [4.78, 5) is 19.4. The van der Waals surface area contributed by atoms with Crippen LogP contribution in [0.15, 0.2) is 12.1 Å². The standard InChI is InChI=1S/C19H27N3O2/c1-14-11-16-17(12-15(14)2)22(18(20-16)7-6-10-23)13-19(24)21-8-4-3-5-9-21/h11-12,23H,3-10,13H2,1-2H3. The van der Waals surface area contributed by atoms with Crippen LogP contribution in [0.5, 0.6) is 0 Å². The topological polar surface area (TPSA) is 58.4 Å². The number of nitrogens with zero attached hydrogens (tertiary/aromatic N) is 3. The molecule has 130 valence electrons. The molecule has 0 unspecified atom stereocenters. The van der Waals surface area contributed by atoms with Gasteiger partial charge in [-0.15, -0.1) is 0 Å². The number of aliphatic hydroxyl groups is 1. The van der Waals surface area contributed by atoms with Crippen molar-refractivity contribution in [3.8, 4) is 0 Å². The van der Waals surface area contributed by atoms with Crippen molar-refractivity contribution in [1.29, 1.82) is 0 Å². The van der Waals surface area contributed by atoms with Crippen molar-refractivity contribution in [1.82, 2.24) is 14.5 Å². The minimum Gasteiger partial charge on any atom is -0.396 e. The Bertz CT molecular complexity index is 730. The van der Waals surface area contributed by atoms with Crippen molar-refractivity contribution in [2.75, 3.05) is 19.7 Å². The van der Waals surface area contributed by atoms with Crippen molar-refractivity contribution in [2.24, 2.45) is 0 Å². The second kappa shape index (κ2) is 7.34. The molecule has 1 aromatic carbocycles. The molecule has 24 heavy (non-hydrogen) atoms. The molecule has 3 rings (SSSR count). The van der Waals surface area contributed by atoms with Gasteiger partial charge in [-0.25, -0.2) is 4.98 Å². The van der Waals surface area contributed by atoms with Gasteiger partial charge in [-0.05, 0) is 62.8 Å². The number of fused-ring (bicyclic) bond motifs is 1. The average molecular weight is 329 g/mol. The third-order valence-electron chi connectivity index (χ3n) is 5.00. The fourth-order valence-corrected chi connectivity index (χ4v) is 3.41. The number of aryl methyl sites for hydroxylation is 3. The van der Waals surface area contributed by atoms with Gasteiger partial charge in [0.05, 0.1) is 11.0 Å². The zero-order valence-electron chi connectivity index (χ0n) is 14.7. The summed E-state index contributed by atoms with van der Waals surface area (Å²) in [5.74, 6) is 1.08. The molecule has 0 aliphatic carbocycles. The predicted molar refractivity (Wildman–Crippen MR) is 95.0 cm³/mol. The molecular formula is C19H27N3O2. The first kappa shape index (κ1) is 17.0. The van der Waals surface area contributed by atoms with Crippen LogP contribution in [0.3, 0.4) is 0 Å². The first-order valence-electron chi connectivity index (χ1n) is 8.95. The number of likely N-dealkylation sites (tertiary alicyclic amines) is 1. The highest BCUT2D eigenvalue weighted by Gasteiger charge is 2.20. The number of imidazole rings is 1. The van der Waals surface area contributed by atoms with E-state index in [9.17, 15) is 4.79 Å². The number of carbonyl (C=O) groups excluding carboxylic acids is 1. The lowest BCUT2D eigenvalue weighted by Gasteiger charge is -2.27. The molecule has 1 N–H and O–H groups in total. The summed E-state index contributed by atoms with van der Waals surface area (Å²) >= 11 is 0. The molecule has 1 amide bonds. The van der Waals surface area contributed by atoms with Crippen LogP contribution in [0.25, 0.3) is 11.0 Å². The van der Waals surface area contributed by atoms with Crippen molar-refractivity contribution >= 4 is 16.9 Å². The minimum atomic E-state index is 0.140. The number of amides is 1. The molecule has 0 bridgehead atoms. The van der Waals surface area contributed by atoms with E-state index in [0.29, 0.717) is 19.4 Å². The smallest absolute Gasteiger partial charge is 0.242 e. The summed E-state index contributed by atoms with van der Waals surface area (Å²) in [6, 6.07) is 4.22. The van der Waals surface area contributed by atoms with Gasteiger partial charge in [0.1, 0.15) is 12.4 Å². The van der Waals surface area contributed by atoms with Gasteiger partial charge in [0.15, 0.2) is 0 Å². The average Bonchev–Trinajstić information content (AvgIpc) is 2.91. The van der Waals surface area contributed by atoms with Gasteiger partial charge in [0.25, 0.3) is 0 Å². The summed E-state index contributed by atoms with van der Waals surface area (Å²) in [5, 5.41) is 9.16. The van der Waals surface area contributed by atoms with Gasteiger partial charge in [0, 0.05) is 26.1 Å². The maximum absolute atomic E-state index is 12.7. The fourth-order valence-electron chi connectivity index (χ4n) is 3.41. The molecular weight excluding hydrogens is 302 g/mol. The van der Waals surface area contributed by atoms with Crippen LogP contribution in [0.1, 0.15) is 42.6 Å². The van der Waals surface area contributed by atoms with Crippen LogP contribution >= 0.6 is 0 Å². The normalized spacial score (nSPS) is 15.2. The third-order valence-corrected chi connectivity index (χ3v) is 5.00. The van der Waals surface area contributed by atoms with Crippen molar-refractivity contribution in [3.05, 3.63) is 29.1 Å². The van der Waals surface area contributed by atoms with Crippen LogP contribution in [-0.4, -0.2) is 45.2 Å². The monoisotopic (exact) mass is 329 g/mol. The van der Waals surface area contributed by atoms with E-state index in [4.69, 9.17) is 10.1 Å². The molecule has 0 radical (unpaired) electrons. The number of aromatic nitrogens is 2. The second-order valence-corrected chi connectivity index (χ2v) is 6.81. The molecule has 1 aliphatic rings. The number of hydrogen-bond acceptors (Lipinski definition) is 3. The Labute approximate surface area is 143 Å². The summed E-state index contributed by atoms with van der Waals surface area (Å²) in [6.07, 6.45) is 4.78. The Morgan fingerprint density at radius 2 is 1.88 bits per heavy atom. The highest BCUT2D eigenvalue weighted by atomic mass is 16.3.